The maximum Gasteiger partial charge on any atom is 0.491 e. The van der Waals surface area contributed by atoms with Crippen LogP contribution in [0.4, 0.5) is 10.1 Å². The summed E-state index contributed by atoms with van der Waals surface area (Å²) in [4.78, 5) is 13.9. The summed E-state index contributed by atoms with van der Waals surface area (Å²) in [5.74, 6) is -1.43. The molecule has 0 saturated carbocycles. The summed E-state index contributed by atoms with van der Waals surface area (Å²) in [7, 11) is -1.95. The highest BCUT2D eigenvalue weighted by molar-refractivity contribution is 6.58. The molecule has 0 bridgehead atoms. The quantitative estimate of drug-likeness (QED) is 0.830. The van der Waals surface area contributed by atoms with E-state index < -0.39 is 18.8 Å². The summed E-state index contributed by atoms with van der Waals surface area (Å²) in [5.41, 5.74) is 0.149. The standard InChI is InChI=1S/C15H15BFNO3/c1-2-18(11-7-4-3-5-8-11)15(19)12-9-6-10-13(14(12)17)16(20)21/h3-10,20-21H,2H2,1H3. The fourth-order valence-corrected chi connectivity index (χ4v) is 2.11. The van der Waals surface area contributed by atoms with E-state index >= 15 is 0 Å². The van der Waals surface area contributed by atoms with Crippen LogP contribution in [0.1, 0.15) is 17.3 Å². The number of anilines is 1. The smallest absolute Gasteiger partial charge is 0.423 e. The zero-order valence-electron chi connectivity index (χ0n) is 11.5. The predicted molar refractivity (Wildman–Crippen MR) is 80.0 cm³/mol. The van der Waals surface area contributed by atoms with Crippen molar-refractivity contribution in [3.8, 4) is 0 Å². The van der Waals surface area contributed by atoms with E-state index in [1.165, 1.54) is 23.1 Å². The first-order chi connectivity index (χ1) is 10.1. The van der Waals surface area contributed by atoms with Crippen LogP contribution in [0.5, 0.6) is 0 Å². The van der Waals surface area contributed by atoms with Crippen molar-refractivity contribution in [2.75, 3.05) is 11.4 Å². The van der Waals surface area contributed by atoms with Crippen molar-refractivity contribution in [1.82, 2.24) is 0 Å². The van der Waals surface area contributed by atoms with Gasteiger partial charge in [0.2, 0.25) is 0 Å². The van der Waals surface area contributed by atoms with Gasteiger partial charge in [-0.2, -0.15) is 0 Å². The highest BCUT2D eigenvalue weighted by Gasteiger charge is 2.24. The average Bonchev–Trinajstić information content (AvgIpc) is 2.49. The monoisotopic (exact) mass is 287 g/mol. The van der Waals surface area contributed by atoms with Crippen molar-refractivity contribution < 1.29 is 19.2 Å². The van der Waals surface area contributed by atoms with Gasteiger partial charge in [0, 0.05) is 17.7 Å². The number of hydrogen-bond acceptors (Lipinski definition) is 3. The summed E-state index contributed by atoms with van der Waals surface area (Å²) in [6, 6.07) is 12.9. The van der Waals surface area contributed by atoms with E-state index in [2.05, 4.69) is 0 Å². The van der Waals surface area contributed by atoms with Gasteiger partial charge in [-0.05, 0) is 25.1 Å². The summed E-state index contributed by atoms with van der Waals surface area (Å²) < 4.78 is 14.2. The van der Waals surface area contributed by atoms with Crippen LogP contribution in [0.3, 0.4) is 0 Å². The lowest BCUT2D eigenvalue weighted by molar-refractivity contribution is 0.0984. The normalized spacial score (nSPS) is 10.3. The summed E-state index contributed by atoms with van der Waals surface area (Å²) in [5, 5.41) is 18.2. The van der Waals surface area contributed by atoms with Crippen LogP contribution < -0.4 is 10.4 Å². The van der Waals surface area contributed by atoms with E-state index in [1.807, 2.05) is 6.07 Å². The molecule has 2 aromatic carbocycles. The van der Waals surface area contributed by atoms with Crippen LogP contribution in [0, 0.1) is 5.82 Å². The van der Waals surface area contributed by atoms with Gasteiger partial charge in [-0.3, -0.25) is 4.79 Å². The van der Waals surface area contributed by atoms with Crippen molar-refractivity contribution in [3.05, 3.63) is 59.9 Å². The third-order valence-corrected chi connectivity index (χ3v) is 3.17. The second-order valence-corrected chi connectivity index (χ2v) is 4.47. The molecule has 0 aliphatic rings. The summed E-state index contributed by atoms with van der Waals surface area (Å²) >= 11 is 0. The van der Waals surface area contributed by atoms with Crippen molar-refractivity contribution >= 4 is 24.2 Å². The maximum atomic E-state index is 14.2. The molecule has 0 aliphatic carbocycles. The molecule has 0 radical (unpaired) electrons. The molecule has 0 aromatic heterocycles. The Morgan fingerprint density at radius 2 is 1.81 bits per heavy atom. The molecule has 0 heterocycles. The van der Waals surface area contributed by atoms with Crippen molar-refractivity contribution in [3.63, 3.8) is 0 Å². The summed E-state index contributed by atoms with van der Waals surface area (Å²) in [6.45, 7) is 2.15. The molecule has 108 valence electrons. The Morgan fingerprint density at radius 1 is 1.14 bits per heavy atom. The molecule has 2 rings (SSSR count). The average molecular weight is 287 g/mol. The van der Waals surface area contributed by atoms with Crippen LogP contribution in [-0.4, -0.2) is 29.6 Å². The highest BCUT2D eigenvalue weighted by atomic mass is 19.1. The van der Waals surface area contributed by atoms with Crippen LogP contribution >= 0.6 is 0 Å². The Hall–Kier alpha value is -2.18. The zero-order chi connectivity index (χ0) is 15.4. The van der Waals surface area contributed by atoms with Gasteiger partial charge < -0.3 is 14.9 Å². The van der Waals surface area contributed by atoms with Crippen molar-refractivity contribution in [1.29, 1.82) is 0 Å². The fraction of sp³-hybridized carbons (Fsp3) is 0.133. The van der Waals surface area contributed by atoms with Gasteiger partial charge in [-0.1, -0.05) is 30.3 Å². The van der Waals surface area contributed by atoms with Gasteiger partial charge in [0.15, 0.2) is 0 Å². The van der Waals surface area contributed by atoms with Crippen LogP contribution in [0.15, 0.2) is 48.5 Å². The molecule has 2 N–H and O–H groups in total. The third-order valence-electron chi connectivity index (χ3n) is 3.17. The minimum absolute atomic E-state index is 0.189. The first-order valence-electron chi connectivity index (χ1n) is 6.57. The molecule has 0 aliphatic heterocycles. The lowest BCUT2D eigenvalue weighted by Crippen LogP contribution is -2.37. The van der Waals surface area contributed by atoms with Crippen molar-refractivity contribution in [2.45, 2.75) is 6.92 Å². The van der Waals surface area contributed by atoms with Crippen LogP contribution in [0.25, 0.3) is 0 Å². The number of halogens is 1. The molecule has 0 spiro atoms. The molecule has 0 saturated heterocycles. The molecule has 0 fully saturated rings. The van der Waals surface area contributed by atoms with E-state index in [1.54, 1.807) is 31.2 Å². The SMILES string of the molecule is CCN(C(=O)c1cccc(B(O)O)c1F)c1ccccc1. The van der Waals surface area contributed by atoms with Gasteiger partial charge in [0.05, 0.1) is 5.56 Å². The molecule has 1 amide bonds. The van der Waals surface area contributed by atoms with Gasteiger partial charge >= 0.3 is 7.12 Å². The fourth-order valence-electron chi connectivity index (χ4n) is 2.11. The Labute approximate surface area is 122 Å². The first-order valence-corrected chi connectivity index (χ1v) is 6.57. The Balaban J connectivity index is 2.42. The number of rotatable bonds is 4. The lowest BCUT2D eigenvalue weighted by atomic mass is 9.79. The number of carbonyl (C=O) groups excluding carboxylic acids is 1. The van der Waals surface area contributed by atoms with E-state index in [4.69, 9.17) is 10.0 Å². The van der Waals surface area contributed by atoms with Crippen molar-refractivity contribution in [2.24, 2.45) is 0 Å². The second kappa shape index (κ2) is 6.52. The molecule has 0 atom stereocenters. The molecular weight excluding hydrogens is 272 g/mol. The van der Waals surface area contributed by atoms with Gasteiger partial charge in [0.25, 0.3) is 5.91 Å². The van der Waals surface area contributed by atoms with Crippen LogP contribution in [0.2, 0.25) is 0 Å². The Bertz CT molecular complexity index is 634. The first kappa shape index (κ1) is 15.2. The van der Waals surface area contributed by atoms with E-state index in [-0.39, 0.29) is 11.0 Å². The van der Waals surface area contributed by atoms with Gasteiger partial charge in [-0.15, -0.1) is 0 Å². The molecule has 21 heavy (non-hydrogen) atoms. The molecule has 4 nitrogen and oxygen atoms in total. The topological polar surface area (TPSA) is 60.8 Å². The molecule has 0 unspecified atom stereocenters. The van der Waals surface area contributed by atoms with E-state index in [0.29, 0.717) is 12.2 Å². The van der Waals surface area contributed by atoms with E-state index in [0.717, 1.165) is 0 Å². The maximum absolute atomic E-state index is 14.2. The third kappa shape index (κ3) is 3.12. The minimum Gasteiger partial charge on any atom is -0.423 e. The number of nitrogens with zero attached hydrogens (tertiary/aromatic N) is 1. The lowest BCUT2D eigenvalue weighted by Gasteiger charge is -2.21. The number of carbonyl (C=O) groups is 1. The van der Waals surface area contributed by atoms with Gasteiger partial charge in [0.1, 0.15) is 5.82 Å². The zero-order valence-corrected chi connectivity index (χ0v) is 11.5. The number of hydrogen-bond donors (Lipinski definition) is 2. The summed E-state index contributed by atoms with van der Waals surface area (Å²) in [6.07, 6.45) is 0. The second-order valence-electron chi connectivity index (χ2n) is 4.47. The van der Waals surface area contributed by atoms with E-state index in [9.17, 15) is 9.18 Å². The largest absolute Gasteiger partial charge is 0.491 e. The molecule has 2 aromatic rings. The number of para-hydroxylation sites is 1. The predicted octanol–water partition coefficient (Wildman–Crippen LogP) is 1.17. The highest BCUT2D eigenvalue weighted by Crippen LogP contribution is 2.17. The molecular formula is C15H15BFNO3. The van der Waals surface area contributed by atoms with Gasteiger partial charge in [-0.25, -0.2) is 4.39 Å². The van der Waals surface area contributed by atoms with Crippen LogP contribution in [-0.2, 0) is 0 Å². The Kier molecular flexibility index (Phi) is 4.72. The minimum atomic E-state index is -1.95. The molecule has 6 heteroatoms. The number of benzene rings is 2. The number of amides is 1. The Morgan fingerprint density at radius 3 is 2.38 bits per heavy atom.